The van der Waals surface area contributed by atoms with E-state index in [-0.39, 0.29) is 24.2 Å². The molecule has 1 fully saturated rings. The van der Waals surface area contributed by atoms with Gasteiger partial charge in [-0.15, -0.1) is 0 Å². The number of sulfone groups is 1. The Morgan fingerprint density at radius 3 is 2.72 bits per heavy atom. The Balaban J connectivity index is 2.27. The first kappa shape index (κ1) is 13.4. The third-order valence-corrected chi connectivity index (χ3v) is 5.22. The molecule has 0 radical (unpaired) electrons. The molecule has 0 aliphatic carbocycles. The third-order valence-electron chi connectivity index (χ3n) is 3.42. The predicted octanol–water partition coefficient (Wildman–Crippen LogP) is 1.11. The Hall–Kier alpha value is -1.07. The van der Waals surface area contributed by atoms with Crippen LogP contribution in [-0.2, 0) is 16.4 Å². The van der Waals surface area contributed by atoms with E-state index >= 15 is 0 Å². The highest BCUT2D eigenvalue weighted by molar-refractivity contribution is 7.91. The maximum Gasteiger partial charge on any atom is 0.154 e. The third kappa shape index (κ3) is 2.67. The Morgan fingerprint density at radius 1 is 1.44 bits per heavy atom. The molecule has 1 aromatic carbocycles. The molecular formula is C13H19NO3S. The van der Waals surface area contributed by atoms with E-state index in [0.717, 1.165) is 16.8 Å². The molecule has 0 bridgehead atoms. The highest BCUT2D eigenvalue weighted by atomic mass is 32.2. The number of hydrogen-bond acceptors (Lipinski definition) is 4. The standard InChI is InChI=1S/C13H19NO3S/c1-10-7-12(8-15)3-4-13(10)14-5-6-18(16,17)9-11(14)2/h3-4,7,11,15H,5-6,8-9H2,1-2H3. The van der Waals surface area contributed by atoms with Crippen molar-refractivity contribution in [2.24, 2.45) is 0 Å². The van der Waals surface area contributed by atoms with Crippen LogP contribution >= 0.6 is 0 Å². The lowest BCUT2D eigenvalue weighted by atomic mass is 10.1. The first-order chi connectivity index (χ1) is 8.43. The molecule has 18 heavy (non-hydrogen) atoms. The van der Waals surface area contributed by atoms with Crippen LogP contribution in [-0.4, -0.2) is 37.6 Å². The van der Waals surface area contributed by atoms with E-state index in [0.29, 0.717) is 6.54 Å². The fourth-order valence-electron chi connectivity index (χ4n) is 2.49. The number of anilines is 1. The van der Waals surface area contributed by atoms with Crippen molar-refractivity contribution in [2.75, 3.05) is 23.0 Å². The van der Waals surface area contributed by atoms with Crippen molar-refractivity contribution in [1.29, 1.82) is 0 Å². The lowest BCUT2D eigenvalue weighted by molar-refractivity contribution is 0.282. The van der Waals surface area contributed by atoms with Crippen molar-refractivity contribution in [2.45, 2.75) is 26.5 Å². The summed E-state index contributed by atoms with van der Waals surface area (Å²) in [6, 6.07) is 5.81. The van der Waals surface area contributed by atoms with E-state index in [1.807, 2.05) is 32.0 Å². The summed E-state index contributed by atoms with van der Waals surface area (Å²) in [7, 11) is -2.88. The second-order valence-corrected chi connectivity index (χ2v) is 7.16. The SMILES string of the molecule is Cc1cc(CO)ccc1N1CCS(=O)(=O)CC1C. The molecule has 1 unspecified atom stereocenters. The molecule has 0 amide bonds. The van der Waals surface area contributed by atoms with Crippen molar-refractivity contribution in [3.63, 3.8) is 0 Å². The van der Waals surface area contributed by atoms with Gasteiger partial charge in [-0.3, -0.25) is 0 Å². The Bertz CT molecular complexity index is 539. The minimum Gasteiger partial charge on any atom is -0.392 e. The maximum atomic E-state index is 11.6. The van der Waals surface area contributed by atoms with Crippen LogP contribution in [0.1, 0.15) is 18.1 Å². The van der Waals surface area contributed by atoms with Gasteiger partial charge in [-0.1, -0.05) is 12.1 Å². The van der Waals surface area contributed by atoms with E-state index in [1.165, 1.54) is 0 Å². The zero-order valence-corrected chi connectivity index (χ0v) is 11.6. The molecule has 1 atom stereocenters. The summed E-state index contributed by atoms with van der Waals surface area (Å²) >= 11 is 0. The summed E-state index contributed by atoms with van der Waals surface area (Å²) in [5.41, 5.74) is 3.02. The molecule has 1 aromatic rings. The number of rotatable bonds is 2. The molecule has 1 aliphatic heterocycles. The summed E-state index contributed by atoms with van der Waals surface area (Å²) in [4.78, 5) is 2.14. The van der Waals surface area contributed by atoms with Crippen molar-refractivity contribution >= 4 is 15.5 Å². The van der Waals surface area contributed by atoms with Crippen LogP contribution in [0.25, 0.3) is 0 Å². The molecule has 4 nitrogen and oxygen atoms in total. The normalized spacial score (nSPS) is 23.1. The molecular weight excluding hydrogens is 250 g/mol. The zero-order valence-electron chi connectivity index (χ0n) is 10.8. The number of aliphatic hydroxyl groups excluding tert-OH is 1. The van der Waals surface area contributed by atoms with Gasteiger partial charge >= 0.3 is 0 Å². The van der Waals surface area contributed by atoms with Crippen molar-refractivity contribution < 1.29 is 13.5 Å². The largest absolute Gasteiger partial charge is 0.392 e. The summed E-state index contributed by atoms with van der Waals surface area (Å²) in [5.74, 6) is 0.437. The van der Waals surface area contributed by atoms with Crippen LogP contribution in [0.15, 0.2) is 18.2 Å². The minimum atomic E-state index is -2.88. The van der Waals surface area contributed by atoms with Crippen LogP contribution in [0, 0.1) is 6.92 Å². The van der Waals surface area contributed by atoms with E-state index < -0.39 is 9.84 Å². The van der Waals surface area contributed by atoms with E-state index in [9.17, 15) is 8.42 Å². The molecule has 2 rings (SSSR count). The number of aliphatic hydroxyl groups is 1. The van der Waals surface area contributed by atoms with Gasteiger partial charge in [-0.2, -0.15) is 0 Å². The first-order valence-corrected chi connectivity index (χ1v) is 7.92. The quantitative estimate of drug-likeness (QED) is 0.874. The van der Waals surface area contributed by atoms with Gasteiger partial charge in [0.05, 0.1) is 18.1 Å². The van der Waals surface area contributed by atoms with Crippen LogP contribution in [0.2, 0.25) is 0 Å². The van der Waals surface area contributed by atoms with Crippen molar-refractivity contribution in [3.05, 3.63) is 29.3 Å². The average Bonchev–Trinajstić information content (AvgIpc) is 2.29. The van der Waals surface area contributed by atoms with Gasteiger partial charge in [-0.05, 0) is 31.0 Å². The van der Waals surface area contributed by atoms with Gasteiger partial charge < -0.3 is 10.0 Å². The second-order valence-electron chi connectivity index (χ2n) is 4.94. The number of nitrogens with zero attached hydrogens (tertiary/aromatic N) is 1. The summed E-state index contributed by atoms with van der Waals surface area (Å²) < 4.78 is 23.1. The summed E-state index contributed by atoms with van der Waals surface area (Å²) in [5, 5.41) is 9.09. The summed E-state index contributed by atoms with van der Waals surface area (Å²) in [6.07, 6.45) is 0. The van der Waals surface area contributed by atoms with E-state index in [1.54, 1.807) is 0 Å². The van der Waals surface area contributed by atoms with Gasteiger partial charge in [0.15, 0.2) is 9.84 Å². The Labute approximate surface area is 108 Å². The predicted molar refractivity (Wildman–Crippen MR) is 72.6 cm³/mol. The molecule has 1 saturated heterocycles. The molecule has 0 spiro atoms. The molecule has 0 aromatic heterocycles. The second kappa shape index (κ2) is 4.90. The topological polar surface area (TPSA) is 57.6 Å². The van der Waals surface area contributed by atoms with E-state index in [4.69, 9.17) is 5.11 Å². The van der Waals surface area contributed by atoms with Gasteiger partial charge in [0.1, 0.15) is 0 Å². The fourth-order valence-corrected chi connectivity index (χ4v) is 4.05. The van der Waals surface area contributed by atoms with Gasteiger partial charge in [0, 0.05) is 18.3 Å². The molecule has 100 valence electrons. The van der Waals surface area contributed by atoms with Crippen LogP contribution in [0.4, 0.5) is 5.69 Å². The van der Waals surface area contributed by atoms with Gasteiger partial charge in [0.25, 0.3) is 0 Å². The monoisotopic (exact) mass is 269 g/mol. The molecule has 1 N–H and O–H groups in total. The highest BCUT2D eigenvalue weighted by Crippen LogP contribution is 2.26. The Morgan fingerprint density at radius 2 is 2.17 bits per heavy atom. The van der Waals surface area contributed by atoms with Gasteiger partial charge in [-0.25, -0.2) is 8.42 Å². The minimum absolute atomic E-state index is 0.00225. The van der Waals surface area contributed by atoms with E-state index in [2.05, 4.69) is 4.90 Å². The summed E-state index contributed by atoms with van der Waals surface area (Å²) in [6.45, 7) is 4.51. The molecule has 0 saturated carbocycles. The highest BCUT2D eigenvalue weighted by Gasteiger charge is 2.28. The molecule has 1 heterocycles. The van der Waals surface area contributed by atoms with Crippen LogP contribution in [0.5, 0.6) is 0 Å². The number of benzene rings is 1. The van der Waals surface area contributed by atoms with Crippen molar-refractivity contribution in [1.82, 2.24) is 0 Å². The smallest absolute Gasteiger partial charge is 0.154 e. The van der Waals surface area contributed by atoms with Crippen LogP contribution < -0.4 is 4.90 Å². The first-order valence-electron chi connectivity index (χ1n) is 6.10. The van der Waals surface area contributed by atoms with Crippen LogP contribution in [0.3, 0.4) is 0 Å². The number of hydrogen-bond donors (Lipinski definition) is 1. The Kier molecular flexibility index (Phi) is 3.64. The van der Waals surface area contributed by atoms with Gasteiger partial charge in [0.2, 0.25) is 0 Å². The zero-order chi connectivity index (χ0) is 13.3. The average molecular weight is 269 g/mol. The number of aryl methyl sites for hydroxylation is 1. The lowest BCUT2D eigenvalue weighted by Crippen LogP contribution is -2.47. The molecule has 5 heteroatoms. The van der Waals surface area contributed by atoms with Crippen molar-refractivity contribution in [3.8, 4) is 0 Å². The lowest BCUT2D eigenvalue weighted by Gasteiger charge is -2.36. The molecule has 1 aliphatic rings. The fraction of sp³-hybridized carbons (Fsp3) is 0.538. The maximum absolute atomic E-state index is 11.6.